The minimum atomic E-state index is -0.175. The minimum Gasteiger partial charge on any atom is -0.497 e. The number of fused-ring (bicyclic) bond motifs is 1. The molecule has 0 fully saturated rings. The van der Waals surface area contributed by atoms with Crippen molar-refractivity contribution in [1.29, 1.82) is 0 Å². The van der Waals surface area contributed by atoms with E-state index in [1.807, 2.05) is 57.2 Å². The zero-order valence-corrected chi connectivity index (χ0v) is 18.0. The summed E-state index contributed by atoms with van der Waals surface area (Å²) in [6.45, 7) is 7.19. The normalized spacial score (nSPS) is 10.8. The molecule has 1 heterocycles. The zero-order valence-electron chi connectivity index (χ0n) is 18.0. The van der Waals surface area contributed by atoms with E-state index in [2.05, 4.69) is 16.4 Å². The van der Waals surface area contributed by atoms with Crippen molar-refractivity contribution in [2.24, 2.45) is 0 Å². The summed E-state index contributed by atoms with van der Waals surface area (Å²) in [5.41, 5.74) is 4.54. The molecule has 3 aromatic rings. The van der Waals surface area contributed by atoms with Gasteiger partial charge in [0, 0.05) is 18.7 Å². The van der Waals surface area contributed by atoms with Crippen molar-refractivity contribution in [3.8, 4) is 5.75 Å². The number of aromatic nitrogens is 1. The Morgan fingerprint density at radius 3 is 2.53 bits per heavy atom. The van der Waals surface area contributed by atoms with Gasteiger partial charge in [0.15, 0.2) is 0 Å². The predicted molar refractivity (Wildman–Crippen MR) is 120 cm³/mol. The lowest BCUT2D eigenvalue weighted by atomic mass is 10.0. The molecular formula is C24H29N3O3. The second kappa shape index (κ2) is 9.48. The fourth-order valence-electron chi connectivity index (χ4n) is 3.63. The van der Waals surface area contributed by atoms with Crippen LogP contribution in [-0.2, 0) is 13.0 Å². The van der Waals surface area contributed by atoms with E-state index in [0.717, 1.165) is 33.3 Å². The molecule has 158 valence electrons. The Bertz CT molecular complexity index is 1090. The number of aryl methyl sites for hydroxylation is 2. The van der Waals surface area contributed by atoms with Crippen molar-refractivity contribution >= 4 is 16.9 Å². The van der Waals surface area contributed by atoms with Gasteiger partial charge in [0.05, 0.1) is 19.2 Å². The summed E-state index contributed by atoms with van der Waals surface area (Å²) < 4.78 is 5.20. The molecule has 0 atom stereocenters. The molecule has 2 aromatic carbocycles. The quantitative estimate of drug-likeness (QED) is 0.623. The number of benzene rings is 2. The summed E-state index contributed by atoms with van der Waals surface area (Å²) in [5, 5.41) is 3.83. The molecule has 0 saturated heterocycles. The van der Waals surface area contributed by atoms with Crippen LogP contribution in [0, 0.1) is 13.8 Å². The second-order valence-electron chi connectivity index (χ2n) is 7.52. The van der Waals surface area contributed by atoms with Crippen molar-refractivity contribution in [3.63, 3.8) is 0 Å². The zero-order chi connectivity index (χ0) is 21.7. The summed E-state index contributed by atoms with van der Waals surface area (Å²) >= 11 is 0. The number of pyridine rings is 1. The minimum absolute atomic E-state index is 0.159. The van der Waals surface area contributed by atoms with Gasteiger partial charge in [-0.05, 0) is 68.0 Å². The van der Waals surface area contributed by atoms with Crippen LogP contribution >= 0.6 is 0 Å². The van der Waals surface area contributed by atoms with Crippen molar-refractivity contribution in [1.82, 2.24) is 15.2 Å². The third-order valence-electron chi connectivity index (χ3n) is 5.18. The molecule has 0 radical (unpaired) electrons. The Balaban J connectivity index is 1.84. The largest absolute Gasteiger partial charge is 0.497 e. The molecular weight excluding hydrogens is 378 g/mol. The molecule has 0 aliphatic carbocycles. The molecule has 0 aliphatic rings. The topological polar surface area (TPSA) is 74.4 Å². The number of carbonyl (C=O) groups excluding carboxylic acids is 1. The van der Waals surface area contributed by atoms with Gasteiger partial charge >= 0.3 is 6.03 Å². The Labute approximate surface area is 176 Å². The molecule has 2 amide bonds. The van der Waals surface area contributed by atoms with Crippen LogP contribution < -0.4 is 15.6 Å². The SMILES string of the molecule is CCNC(=O)N(CCc1ccc(OC)cc1)Cc1cc2cc(C)cc(C)c2[nH]c1=O. The van der Waals surface area contributed by atoms with E-state index in [0.29, 0.717) is 25.1 Å². The molecule has 0 bridgehead atoms. The maximum Gasteiger partial charge on any atom is 0.317 e. The van der Waals surface area contributed by atoms with Gasteiger partial charge in [-0.3, -0.25) is 4.79 Å². The van der Waals surface area contributed by atoms with Crippen LogP contribution in [0.15, 0.2) is 47.3 Å². The first-order chi connectivity index (χ1) is 14.4. The number of urea groups is 1. The van der Waals surface area contributed by atoms with Crippen LogP contribution in [0.3, 0.4) is 0 Å². The number of nitrogens with zero attached hydrogens (tertiary/aromatic N) is 1. The van der Waals surface area contributed by atoms with Crippen molar-refractivity contribution in [2.75, 3.05) is 20.2 Å². The molecule has 0 spiro atoms. The van der Waals surface area contributed by atoms with Gasteiger partial charge in [-0.2, -0.15) is 0 Å². The Kier molecular flexibility index (Phi) is 6.77. The molecule has 2 N–H and O–H groups in total. The maximum atomic E-state index is 12.7. The van der Waals surface area contributed by atoms with E-state index >= 15 is 0 Å². The highest BCUT2D eigenvalue weighted by Crippen LogP contribution is 2.19. The number of amides is 2. The van der Waals surface area contributed by atoms with E-state index < -0.39 is 0 Å². The lowest BCUT2D eigenvalue weighted by Crippen LogP contribution is -2.41. The molecule has 0 saturated carbocycles. The van der Waals surface area contributed by atoms with E-state index in [1.165, 1.54) is 0 Å². The highest BCUT2D eigenvalue weighted by molar-refractivity contribution is 5.83. The maximum absolute atomic E-state index is 12.7. The number of nitrogens with one attached hydrogen (secondary N) is 2. The molecule has 1 aromatic heterocycles. The fraction of sp³-hybridized carbons (Fsp3) is 0.333. The number of carbonyl (C=O) groups is 1. The van der Waals surface area contributed by atoms with Crippen LogP contribution in [0.4, 0.5) is 4.79 Å². The number of hydrogen-bond acceptors (Lipinski definition) is 3. The summed E-state index contributed by atoms with van der Waals surface area (Å²) in [6, 6.07) is 13.6. The summed E-state index contributed by atoms with van der Waals surface area (Å²) in [6.07, 6.45) is 0.685. The predicted octanol–water partition coefficient (Wildman–Crippen LogP) is 3.93. The van der Waals surface area contributed by atoms with Crippen LogP contribution in [0.25, 0.3) is 10.9 Å². The lowest BCUT2D eigenvalue weighted by Gasteiger charge is -2.23. The second-order valence-corrected chi connectivity index (χ2v) is 7.52. The van der Waals surface area contributed by atoms with E-state index in [1.54, 1.807) is 12.0 Å². The molecule has 6 nitrogen and oxygen atoms in total. The first-order valence-corrected chi connectivity index (χ1v) is 10.2. The molecule has 3 rings (SSSR count). The van der Waals surface area contributed by atoms with Crippen molar-refractivity contribution in [2.45, 2.75) is 33.7 Å². The fourth-order valence-corrected chi connectivity index (χ4v) is 3.63. The van der Waals surface area contributed by atoms with Gasteiger partial charge in [-0.25, -0.2) is 4.79 Å². The van der Waals surface area contributed by atoms with E-state index in [-0.39, 0.29) is 18.1 Å². The monoisotopic (exact) mass is 407 g/mol. The van der Waals surface area contributed by atoms with Gasteiger partial charge in [-0.15, -0.1) is 0 Å². The number of methoxy groups -OCH3 is 1. The Morgan fingerprint density at radius 2 is 1.87 bits per heavy atom. The Morgan fingerprint density at radius 1 is 1.13 bits per heavy atom. The van der Waals surface area contributed by atoms with Crippen LogP contribution in [0.1, 0.15) is 29.2 Å². The molecule has 30 heavy (non-hydrogen) atoms. The number of H-pyrrole nitrogens is 1. The summed E-state index contributed by atoms with van der Waals surface area (Å²) in [7, 11) is 1.63. The molecule has 0 unspecified atom stereocenters. The van der Waals surface area contributed by atoms with Gasteiger partial charge in [-0.1, -0.05) is 23.8 Å². The van der Waals surface area contributed by atoms with E-state index in [9.17, 15) is 9.59 Å². The van der Waals surface area contributed by atoms with Crippen molar-refractivity contribution < 1.29 is 9.53 Å². The number of aromatic amines is 1. The Hall–Kier alpha value is -3.28. The summed E-state index contributed by atoms with van der Waals surface area (Å²) in [4.78, 5) is 30.0. The van der Waals surface area contributed by atoms with Gasteiger partial charge in [0.25, 0.3) is 5.56 Å². The molecule has 6 heteroatoms. The van der Waals surface area contributed by atoms with E-state index in [4.69, 9.17) is 4.74 Å². The first-order valence-electron chi connectivity index (χ1n) is 10.2. The highest BCUT2D eigenvalue weighted by Gasteiger charge is 2.16. The molecule has 0 aliphatic heterocycles. The van der Waals surface area contributed by atoms with Crippen LogP contribution in [-0.4, -0.2) is 36.1 Å². The highest BCUT2D eigenvalue weighted by atomic mass is 16.5. The third kappa shape index (κ3) is 5.00. The first kappa shape index (κ1) is 21.4. The average molecular weight is 408 g/mol. The third-order valence-corrected chi connectivity index (χ3v) is 5.18. The number of hydrogen-bond donors (Lipinski definition) is 2. The lowest BCUT2D eigenvalue weighted by molar-refractivity contribution is 0.196. The number of ether oxygens (including phenoxy) is 1. The average Bonchev–Trinajstić information content (AvgIpc) is 2.72. The van der Waals surface area contributed by atoms with Crippen LogP contribution in [0.2, 0.25) is 0 Å². The summed E-state index contributed by atoms with van der Waals surface area (Å²) in [5.74, 6) is 0.799. The van der Waals surface area contributed by atoms with Crippen molar-refractivity contribution in [3.05, 3.63) is 75.1 Å². The van der Waals surface area contributed by atoms with Gasteiger partial charge in [0.1, 0.15) is 5.75 Å². The van der Waals surface area contributed by atoms with Gasteiger partial charge < -0.3 is 19.9 Å². The standard InChI is InChI=1S/C24H29N3O3/c1-5-25-24(29)27(11-10-18-6-8-21(30-4)9-7-18)15-20-14-19-13-16(2)12-17(3)22(19)26-23(20)28/h6-9,12-14H,5,10-11,15H2,1-4H3,(H,25,29)(H,26,28). The van der Waals surface area contributed by atoms with Crippen LogP contribution in [0.5, 0.6) is 5.75 Å². The van der Waals surface area contributed by atoms with Gasteiger partial charge in [0.2, 0.25) is 0 Å². The smallest absolute Gasteiger partial charge is 0.317 e. The number of rotatable bonds is 7.